The van der Waals surface area contributed by atoms with Crippen LogP contribution in [0.2, 0.25) is 5.02 Å². The summed E-state index contributed by atoms with van der Waals surface area (Å²) >= 11 is 6.04. The first-order chi connectivity index (χ1) is 15.4. The van der Waals surface area contributed by atoms with E-state index in [0.29, 0.717) is 24.5 Å². The number of nitrogens with one attached hydrogen (secondary N) is 1. The van der Waals surface area contributed by atoms with Crippen LogP contribution < -0.4 is 5.32 Å². The number of rotatable bonds is 9. The van der Waals surface area contributed by atoms with Gasteiger partial charge in [-0.2, -0.15) is 0 Å². The van der Waals surface area contributed by atoms with Gasteiger partial charge in [-0.25, -0.2) is 0 Å². The number of amides is 2. The highest BCUT2D eigenvalue weighted by Crippen LogP contribution is 2.19. The van der Waals surface area contributed by atoms with Gasteiger partial charge in [-0.1, -0.05) is 98.2 Å². The summed E-state index contributed by atoms with van der Waals surface area (Å²) in [7, 11) is 0. The summed E-state index contributed by atoms with van der Waals surface area (Å²) in [5.74, 6) is -0.459. The second-order valence-corrected chi connectivity index (χ2v) is 8.59. The molecule has 0 aliphatic heterocycles. The first-order valence-electron chi connectivity index (χ1n) is 10.8. The molecule has 0 saturated heterocycles. The van der Waals surface area contributed by atoms with E-state index in [1.54, 1.807) is 17.0 Å². The fraction of sp³-hybridized carbons (Fsp3) is 0.259. The highest BCUT2D eigenvalue weighted by molar-refractivity contribution is 6.30. The van der Waals surface area contributed by atoms with Gasteiger partial charge in [0.1, 0.15) is 6.04 Å². The van der Waals surface area contributed by atoms with Crippen molar-refractivity contribution < 1.29 is 9.59 Å². The minimum absolute atomic E-state index is 0.0595. The van der Waals surface area contributed by atoms with Crippen molar-refractivity contribution in [3.05, 3.63) is 107 Å². The van der Waals surface area contributed by atoms with Crippen LogP contribution in [0.25, 0.3) is 0 Å². The van der Waals surface area contributed by atoms with Crippen LogP contribution in [0, 0.1) is 5.92 Å². The van der Waals surface area contributed by atoms with Crippen LogP contribution in [0.3, 0.4) is 0 Å². The fourth-order valence-corrected chi connectivity index (χ4v) is 3.67. The van der Waals surface area contributed by atoms with E-state index in [2.05, 4.69) is 5.32 Å². The van der Waals surface area contributed by atoms with Gasteiger partial charge in [0.25, 0.3) is 0 Å². The van der Waals surface area contributed by atoms with Gasteiger partial charge >= 0.3 is 0 Å². The molecule has 0 spiro atoms. The standard InChI is InChI=1S/C27H29ClN2O2/c1-20(2)27(32)30(19-23-13-15-24(28)16-14-23)25(17-21-9-5-3-6-10-21)26(31)29-18-22-11-7-4-8-12-22/h3-16,20,25H,17-19H2,1-2H3,(H,29,31)/t25-/m1/s1. The van der Waals surface area contributed by atoms with E-state index in [4.69, 9.17) is 11.6 Å². The molecule has 5 heteroatoms. The minimum atomic E-state index is -0.633. The maximum Gasteiger partial charge on any atom is 0.243 e. The topological polar surface area (TPSA) is 49.4 Å². The van der Waals surface area contributed by atoms with E-state index in [9.17, 15) is 9.59 Å². The van der Waals surface area contributed by atoms with Crippen molar-refractivity contribution in [1.82, 2.24) is 10.2 Å². The fourth-order valence-electron chi connectivity index (χ4n) is 3.54. The van der Waals surface area contributed by atoms with Gasteiger partial charge in [0, 0.05) is 30.5 Å². The lowest BCUT2D eigenvalue weighted by atomic mass is 10.0. The monoisotopic (exact) mass is 448 g/mol. The SMILES string of the molecule is CC(C)C(=O)N(Cc1ccc(Cl)cc1)[C@H](Cc1ccccc1)C(=O)NCc1ccccc1. The molecular weight excluding hydrogens is 420 g/mol. The van der Waals surface area contributed by atoms with Crippen LogP contribution in [0.15, 0.2) is 84.9 Å². The quantitative estimate of drug-likeness (QED) is 0.486. The van der Waals surface area contributed by atoms with Gasteiger partial charge in [0.2, 0.25) is 11.8 Å². The molecule has 0 aromatic heterocycles. The van der Waals surface area contributed by atoms with Gasteiger partial charge in [-0.3, -0.25) is 9.59 Å². The summed E-state index contributed by atoms with van der Waals surface area (Å²) in [5.41, 5.74) is 2.95. The smallest absolute Gasteiger partial charge is 0.243 e. The Morgan fingerprint density at radius 1 is 0.812 bits per heavy atom. The van der Waals surface area contributed by atoms with Gasteiger partial charge < -0.3 is 10.2 Å². The van der Waals surface area contributed by atoms with Crippen molar-refractivity contribution in [2.24, 2.45) is 5.92 Å². The van der Waals surface area contributed by atoms with Crippen molar-refractivity contribution in [3.8, 4) is 0 Å². The molecule has 0 unspecified atom stereocenters. The molecule has 0 aliphatic rings. The van der Waals surface area contributed by atoms with Crippen LogP contribution in [-0.2, 0) is 29.1 Å². The molecular formula is C27H29ClN2O2. The summed E-state index contributed by atoms with van der Waals surface area (Å²) in [6.07, 6.45) is 0.438. The van der Waals surface area contributed by atoms with E-state index < -0.39 is 6.04 Å². The van der Waals surface area contributed by atoms with Gasteiger partial charge in [-0.15, -0.1) is 0 Å². The normalized spacial score (nSPS) is 11.8. The van der Waals surface area contributed by atoms with E-state index in [1.165, 1.54) is 0 Å². The Bertz CT molecular complexity index is 1000. The first kappa shape index (κ1) is 23.6. The molecule has 1 atom stereocenters. The summed E-state index contributed by atoms with van der Waals surface area (Å²) < 4.78 is 0. The lowest BCUT2D eigenvalue weighted by Gasteiger charge is -2.33. The highest BCUT2D eigenvalue weighted by atomic mass is 35.5. The Balaban J connectivity index is 1.89. The maximum atomic E-state index is 13.4. The number of carbonyl (C=O) groups is 2. The van der Waals surface area contributed by atoms with Crippen LogP contribution in [0.4, 0.5) is 0 Å². The predicted molar refractivity (Wildman–Crippen MR) is 129 cm³/mol. The van der Waals surface area contributed by atoms with Crippen LogP contribution >= 0.6 is 11.6 Å². The van der Waals surface area contributed by atoms with Crippen molar-refractivity contribution in [2.45, 2.75) is 39.4 Å². The van der Waals surface area contributed by atoms with E-state index in [-0.39, 0.29) is 17.7 Å². The lowest BCUT2D eigenvalue weighted by molar-refractivity contribution is -0.143. The average molecular weight is 449 g/mol. The average Bonchev–Trinajstić information content (AvgIpc) is 2.81. The van der Waals surface area contributed by atoms with Crippen molar-refractivity contribution in [2.75, 3.05) is 0 Å². The van der Waals surface area contributed by atoms with Crippen LogP contribution in [-0.4, -0.2) is 22.8 Å². The third kappa shape index (κ3) is 6.69. The largest absolute Gasteiger partial charge is 0.350 e. The number of benzene rings is 3. The van der Waals surface area contributed by atoms with Crippen molar-refractivity contribution >= 4 is 23.4 Å². The number of hydrogen-bond acceptors (Lipinski definition) is 2. The third-order valence-corrected chi connectivity index (χ3v) is 5.56. The minimum Gasteiger partial charge on any atom is -0.350 e. The van der Waals surface area contributed by atoms with Gasteiger partial charge in [0.05, 0.1) is 0 Å². The molecule has 166 valence electrons. The molecule has 0 aliphatic carbocycles. The third-order valence-electron chi connectivity index (χ3n) is 5.30. The maximum absolute atomic E-state index is 13.4. The Hall–Kier alpha value is -3.11. The number of halogens is 1. The molecule has 32 heavy (non-hydrogen) atoms. The zero-order chi connectivity index (χ0) is 22.9. The predicted octanol–water partition coefficient (Wildman–Crippen LogP) is 5.25. The second-order valence-electron chi connectivity index (χ2n) is 8.16. The molecule has 4 nitrogen and oxygen atoms in total. The molecule has 0 fully saturated rings. The zero-order valence-electron chi connectivity index (χ0n) is 18.5. The second kappa shape index (κ2) is 11.5. The van der Waals surface area contributed by atoms with Crippen LogP contribution in [0.1, 0.15) is 30.5 Å². The molecule has 1 N–H and O–H groups in total. The molecule has 3 rings (SSSR count). The first-order valence-corrected chi connectivity index (χ1v) is 11.2. The Kier molecular flexibility index (Phi) is 8.46. The summed E-state index contributed by atoms with van der Waals surface area (Å²) in [5, 5.41) is 3.67. The van der Waals surface area contributed by atoms with Gasteiger partial charge in [0.15, 0.2) is 0 Å². The molecule has 2 amide bonds. The van der Waals surface area contributed by atoms with E-state index >= 15 is 0 Å². The number of hydrogen-bond donors (Lipinski definition) is 1. The summed E-state index contributed by atoms with van der Waals surface area (Å²) in [6, 6.07) is 26.3. The molecule has 0 saturated carbocycles. The lowest BCUT2D eigenvalue weighted by Crippen LogP contribution is -2.51. The molecule has 0 radical (unpaired) electrons. The summed E-state index contributed by atoms with van der Waals surface area (Å²) in [6.45, 7) is 4.47. The van der Waals surface area contributed by atoms with Crippen LogP contribution in [0.5, 0.6) is 0 Å². The zero-order valence-corrected chi connectivity index (χ0v) is 19.3. The molecule has 0 heterocycles. The van der Waals surface area contributed by atoms with Gasteiger partial charge in [-0.05, 0) is 28.8 Å². The number of carbonyl (C=O) groups excluding carboxylic acids is 2. The Morgan fingerprint density at radius 3 is 1.94 bits per heavy atom. The highest BCUT2D eigenvalue weighted by Gasteiger charge is 2.31. The Morgan fingerprint density at radius 2 is 1.38 bits per heavy atom. The Labute approximate surface area is 195 Å². The van der Waals surface area contributed by atoms with Crippen molar-refractivity contribution in [3.63, 3.8) is 0 Å². The molecule has 3 aromatic carbocycles. The summed E-state index contributed by atoms with van der Waals surface area (Å²) in [4.78, 5) is 28.3. The van der Waals surface area contributed by atoms with E-state index in [1.807, 2.05) is 86.6 Å². The molecule has 0 bridgehead atoms. The van der Waals surface area contributed by atoms with Crippen molar-refractivity contribution in [1.29, 1.82) is 0 Å². The van der Waals surface area contributed by atoms with E-state index in [0.717, 1.165) is 16.7 Å². The molecule has 3 aromatic rings. The number of nitrogens with zero attached hydrogens (tertiary/aromatic N) is 1.